The van der Waals surface area contributed by atoms with E-state index < -0.39 is 0 Å². The van der Waals surface area contributed by atoms with Crippen LogP contribution in [0, 0.1) is 0 Å². The van der Waals surface area contributed by atoms with Crippen LogP contribution in [0.25, 0.3) is 0 Å². The van der Waals surface area contributed by atoms with Gasteiger partial charge in [-0.05, 0) is 39.7 Å². The second kappa shape index (κ2) is 6.63. The fourth-order valence-electron chi connectivity index (χ4n) is 2.82. The Balaban J connectivity index is 1.76. The van der Waals surface area contributed by atoms with E-state index in [4.69, 9.17) is 9.72 Å². The normalized spacial score (nSPS) is 26.3. The van der Waals surface area contributed by atoms with Gasteiger partial charge in [0.25, 0.3) is 0 Å². The fourth-order valence-corrected chi connectivity index (χ4v) is 4.05. The van der Waals surface area contributed by atoms with E-state index in [0.29, 0.717) is 12.1 Å². The van der Waals surface area contributed by atoms with Gasteiger partial charge in [-0.15, -0.1) is 11.3 Å². The molecule has 0 aromatic carbocycles. The zero-order valence-electron chi connectivity index (χ0n) is 13.4. The molecule has 0 bridgehead atoms. The maximum atomic E-state index is 5.74. The molecule has 4 nitrogen and oxygen atoms in total. The van der Waals surface area contributed by atoms with E-state index in [2.05, 4.69) is 31.0 Å². The third-order valence-electron chi connectivity index (χ3n) is 4.25. The third-order valence-corrected chi connectivity index (χ3v) is 5.35. The van der Waals surface area contributed by atoms with Crippen molar-refractivity contribution in [2.24, 2.45) is 0 Å². The molecule has 5 heteroatoms. The summed E-state index contributed by atoms with van der Waals surface area (Å²) < 4.78 is 5.74. The lowest BCUT2D eigenvalue weighted by Crippen LogP contribution is -2.47. The number of nitrogens with zero attached hydrogens (tertiary/aromatic N) is 2. The number of rotatable bonds is 6. The Morgan fingerprint density at radius 2 is 2.19 bits per heavy atom. The molecule has 1 saturated heterocycles. The second-order valence-electron chi connectivity index (χ2n) is 6.40. The van der Waals surface area contributed by atoms with E-state index in [1.54, 1.807) is 0 Å². The van der Waals surface area contributed by atoms with Crippen LogP contribution >= 0.6 is 11.3 Å². The smallest absolute Gasteiger partial charge is 0.186 e. The molecule has 2 unspecified atom stereocenters. The Morgan fingerprint density at radius 3 is 2.90 bits per heavy atom. The van der Waals surface area contributed by atoms with Crippen LogP contribution in [0.15, 0.2) is 0 Å². The maximum Gasteiger partial charge on any atom is 0.186 e. The van der Waals surface area contributed by atoms with Gasteiger partial charge in [0, 0.05) is 23.9 Å². The predicted octanol–water partition coefficient (Wildman–Crippen LogP) is 3.13. The van der Waals surface area contributed by atoms with Gasteiger partial charge in [-0.3, -0.25) is 0 Å². The SMILES string of the molecule is CCCNCc1sc(N2CC(C)OCC2C)nc1C1CC1. The van der Waals surface area contributed by atoms with Crippen molar-refractivity contribution in [3.8, 4) is 0 Å². The quantitative estimate of drug-likeness (QED) is 0.819. The summed E-state index contributed by atoms with van der Waals surface area (Å²) in [6.07, 6.45) is 4.12. The van der Waals surface area contributed by atoms with Crippen molar-refractivity contribution < 1.29 is 4.74 Å². The Kier molecular flexibility index (Phi) is 4.82. The molecule has 1 saturated carbocycles. The van der Waals surface area contributed by atoms with Crippen LogP contribution in [0.3, 0.4) is 0 Å². The summed E-state index contributed by atoms with van der Waals surface area (Å²) in [5, 5.41) is 4.74. The molecule has 0 spiro atoms. The molecular formula is C16H27N3OS. The Bertz CT molecular complexity index is 472. The van der Waals surface area contributed by atoms with Gasteiger partial charge < -0.3 is 15.0 Å². The van der Waals surface area contributed by atoms with Gasteiger partial charge >= 0.3 is 0 Å². The first-order valence-electron chi connectivity index (χ1n) is 8.27. The lowest BCUT2D eigenvalue weighted by Gasteiger charge is -2.36. The van der Waals surface area contributed by atoms with Gasteiger partial charge in [-0.2, -0.15) is 0 Å². The molecular weight excluding hydrogens is 282 g/mol. The standard InChI is InChI=1S/C16H27N3OS/c1-4-7-17-8-14-15(13-5-6-13)18-16(21-14)19-9-12(3)20-10-11(19)2/h11-13,17H,4-10H2,1-3H3. The highest BCUT2D eigenvalue weighted by molar-refractivity contribution is 7.15. The van der Waals surface area contributed by atoms with E-state index in [9.17, 15) is 0 Å². The summed E-state index contributed by atoms with van der Waals surface area (Å²) in [4.78, 5) is 8.90. The van der Waals surface area contributed by atoms with Gasteiger partial charge in [0.2, 0.25) is 0 Å². The van der Waals surface area contributed by atoms with E-state index in [1.165, 1.54) is 35.0 Å². The monoisotopic (exact) mass is 309 g/mol. The molecule has 1 aliphatic heterocycles. The highest BCUT2D eigenvalue weighted by atomic mass is 32.1. The lowest BCUT2D eigenvalue weighted by molar-refractivity contribution is 0.0343. The molecule has 2 fully saturated rings. The molecule has 1 aromatic heterocycles. The van der Waals surface area contributed by atoms with E-state index in [0.717, 1.165) is 32.2 Å². The molecule has 2 aliphatic rings. The molecule has 0 amide bonds. The Labute approximate surface area is 131 Å². The number of nitrogens with one attached hydrogen (secondary N) is 1. The van der Waals surface area contributed by atoms with Crippen LogP contribution in [0.1, 0.15) is 56.5 Å². The number of anilines is 1. The van der Waals surface area contributed by atoms with Crippen molar-refractivity contribution in [3.05, 3.63) is 10.6 Å². The first-order valence-corrected chi connectivity index (χ1v) is 9.09. The molecule has 1 aromatic rings. The van der Waals surface area contributed by atoms with Crippen LogP contribution < -0.4 is 10.2 Å². The average Bonchev–Trinajstić information content (AvgIpc) is 3.23. The number of hydrogen-bond acceptors (Lipinski definition) is 5. The molecule has 2 atom stereocenters. The third kappa shape index (κ3) is 3.58. The van der Waals surface area contributed by atoms with Crippen LogP contribution in [0.2, 0.25) is 0 Å². The zero-order valence-corrected chi connectivity index (χ0v) is 14.2. The van der Waals surface area contributed by atoms with Crippen molar-refractivity contribution >= 4 is 16.5 Å². The number of morpholine rings is 1. The van der Waals surface area contributed by atoms with Crippen LogP contribution in [-0.4, -0.2) is 36.8 Å². The minimum atomic E-state index is 0.302. The van der Waals surface area contributed by atoms with Crippen molar-refractivity contribution in [2.75, 3.05) is 24.6 Å². The van der Waals surface area contributed by atoms with Crippen molar-refractivity contribution in [2.45, 2.75) is 64.6 Å². The number of aromatic nitrogens is 1. The van der Waals surface area contributed by atoms with Crippen LogP contribution in [-0.2, 0) is 11.3 Å². The average molecular weight is 309 g/mol. The minimum Gasteiger partial charge on any atom is -0.375 e. The van der Waals surface area contributed by atoms with Crippen molar-refractivity contribution in [3.63, 3.8) is 0 Å². The van der Waals surface area contributed by atoms with E-state index in [-0.39, 0.29) is 0 Å². The van der Waals surface area contributed by atoms with Crippen LogP contribution in [0.5, 0.6) is 0 Å². The molecule has 1 aliphatic carbocycles. The highest BCUT2D eigenvalue weighted by Gasteiger charge is 2.32. The molecule has 2 heterocycles. The summed E-state index contributed by atoms with van der Waals surface area (Å²) in [5.74, 6) is 0.724. The highest BCUT2D eigenvalue weighted by Crippen LogP contribution is 2.44. The van der Waals surface area contributed by atoms with Crippen LogP contribution in [0.4, 0.5) is 5.13 Å². The summed E-state index contributed by atoms with van der Waals surface area (Å²) in [5.41, 5.74) is 1.37. The Hall–Kier alpha value is -0.650. The summed E-state index contributed by atoms with van der Waals surface area (Å²) in [6, 6.07) is 0.427. The topological polar surface area (TPSA) is 37.4 Å². The summed E-state index contributed by atoms with van der Waals surface area (Å²) in [6.45, 7) is 10.4. The number of thiazole rings is 1. The Morgan fingerprint density at radius 1 is 1.38 bits per heavy atom. The fraction of sp³-hybridized carbons (Fsp3) is 0.812. The van der Waals surface area contributed by atoms with Gasteiger partial charge in [0.15, 0.2) is 5.13 Å². The predicted molar refractivity (Wildman–Crippen MR) is 88.3 cm³/mol. The van der Waals surface area contributed by atoms with E-state index >= 15 is 0 Å². The lowest BCUT2D eigenvalue weighted by atomic mass is 10.2. The minimum absolute atomic E-state index is 0.302. The number of hydrogen-bond donors (Lipinski definition) is 1. The molecule has 1 N–H and O–H groups in total. The van der Waals surface area contributed by atoms with Crippen molar-refractivity contribution in [1.29, 1.82) is 0 Å². The summed E-state index contributed by atoms with van der Waals surface area (Å²) >= 11 is 1.89. The molecule has 0 radical (unpaired) electrons. The van der Waals surface area contributed by atoms with E-state index in [1.807, 2.05) is 11.3 Å². The second-order valence-corrected chi connectivity index (χ2v) is 7.46. The zero-order chi connectivity index (χ0) is 14.8. The van der Waals surface area contributed by atoms with Crippen molar-refractivity contribution in [1.82, 2.24) is 10.3 Å². The first-order chi connectivity index (χ1) is 10.2. The maximum absolute atomic E-state index is 5.74. The summed E-state index contributed by atoms with van der Waals surface area (Å²) in [7, 11) is 0. The largest absolute Gasteiger partial charge is 0.375 e. The molecule has 21 heavy (non-hydrogen) atoms. The van der Waals surface area contributed by atoms with Gasteiger partial charge in [-0.1, -0.05) is 6.92 Å². The molecule has 118 valence electrons. The molecule has 3 rings (SSSR count). The van der Waals surface area contributed by atoms with Gasteiger partial charge in [0.05, 0.1) is 24.4 Å². The number of ether oxygens (including phenoxy) is 1. The first kappa shape index (κ1) is 15.3. The van der Waals surface area contributed by atoms with Gasteiger partial charge in [0.1, 0.15) is 0 Å². The van der Waals surface area contributed by atoms with Gasteiger partial charge in [-0.25, -0.2) is 4.98 Å².